The molecule has 4 aromatic rings. The number of carbonyl (C=O) groups excluding carboxylic acids is 1. The van der Waals surface area contributed by atoms with Gasteiger partial charge in [0, 0.05) is 18.5 Å². The lowest BCUT2D eigenvalue weighted by molar-refractivity contribution is -0.763. The number of nitrogens with zero attached hydrogens (tertiary/aromatic N) is 5. The second-order valence-electron chi connectivity index (χ2n) is 10.1. The van der Waals surface area contributed by atoms with Crippen molar-refractivity contribution in [2.45, 2.75) is 39.3 Å². The van der Waals surface area contributed by atoms with E-state index in [-0.39, 0.29) is 35.6 Å². The predicted octanol–water partition coefficient (Wildman–Crippen LogP) is 4.97. The molecule has 0 aliphatic rings. The van der Waals surface area contributed by atoms with Crippen molar-refractivity contribution >= 4 is 29.6 Å². The number of carbonyl (C=O) groups is 2. The highest BCUT2D eigenvalue weighted by atomic mass is 35.5. The Kier molecular flexibility index (Phi) is 11.7. The van der Waals surface area contributed by atoms with E-state index >= 15 is 0 Å². The van der Waals surface area contributed by atoms with Gasteiger partial charge in [-0.1, -0.05) is 85.6 Å². The average molecular weight is 666 g/mol. The summed E-state index contributed by atoms with van der Waals surface area (Å²) in [4.78, 5) is 42.9. The Morgan fingerprint density at radius 2 is 1.77 bits per heavy atom. The number of hydrogen-bond acceptors (Lipinski definition) is 11. The lowest BCUT2D eigenvalue weighted by Gasteiger charge is -2.15. The van der Waals surface area contributed by atoms with Gasteiger partial charge in [0.25, 0.3) is 5.09 Å². The van der Waals surface area contributed by atoms with Crippen LogP contribution in [-0.4, -0.2) is 49.6 Å². The molecule has 4 rings (SSSR count). The molecule has 0 aliphatic heterocycles. The number of rotatable bonds is 15. The number of amidine groups is 1. The first-order valence-electron chi connectivity index (χ1n) is 14.3. The number of ether oxygens (including phenoxy) is 2. The zero-order chi connectivity index (χ0) is 33.9. The van der Waals surface area contributed by atoms with Crippen LogP contribution in [0.5, 0.6) is 5.75 Å². The fraction of sp³-hybridized carbons (Fsp3) is 0.226. The molecule has 0 saturated heterocycles. The highest BCUT2D eigenvalue weighted by molar-refractivity contribution is 6.32. The Morgan fingerprint density at radius 1 is 1.09 bits per heavy atom. The number of imidazole rings is 1. The van der Waals surface area contributed by atoms with Crippen LogP contribution in [0.25, 0.3) is 11.1 Å². The summed E-state index contributed by atoms with van der Waals surface area (Å²) < 4.78 is 11.7. The van der Waals surface area contributed by atoms with Crippen LogP contribution in [0.15, 0.2) is 77.9 Å². The van der Waals surface area contributed by atoms with E-state index in [2.05, 4.69) is 14.9 Å². The van der Waals surface area contributed by atoms with Crippen molar-refractivity contribution in [3.05, 3.63) is 116 Å². The maximum Gasteiger partial charge on any atom is 0.515 e. The topological polar surface area (TPSA) is 211 Å². The largest absolute Gasteiger partial charge is 0.515 e. The van der Waals surface area contributed by atoms with Gasteiger partial charge < -0.3 is 29.7 Å². The minimum atomic E-state index is -1.14. The maximum absolute atomic E-state index is 12.1. The highest BCUT2D eigenvalue weighted by Crippen LogP contribution is 2.26. The first-order valence-corrected chi connectivity index (χ1v) is 14.7. The van der Waals surface area contributed by atoms with Crippen LogP contribution in [0.1, 0.15) is 52.8 Å². The number of carboxylic acid groups (broad SMARTS) is 1. The molecule has 0 unspecified atom stereocenters. The number of hydrazone groups is 1. The third kappa shape index (κ3) is 9.42. The van der Waals surface area contributed by atoms with E-state index in [0.29, 0.717) is 23.4 Å². The van der Waals surface area contributed by atoms with E-state index in [1.807, 2.05) is 43.3 Å². The molecule has 0 atom stereocenters. The molecule has 1 heterocycles. The number of aromatic nitrogens is 2. The number of unbranched alkanes of at least 4 members (excludes halogenated alkanes) is 1. The van der Waals surface area contributed by atoms with Crippen molar-refractivity contribution in [2.24, 2.45) is 16.7 Å². The number of halogens is 1. The third-order valence-corrected chi connectivity index (χ3v) is 7.04. The number of benzene rings is 3. The Labute approximate surface area is 274 Å². The van der Waals surface area contributed by atoms with E-state index in [9.17, 15) is 24.8 Å². The van der Waals surface area contributed by atoms with Crippen LogP contribution < -0.4 is 16.3 Å². The van der Waals surface area contributed by atoms with Crippen LogP contribution >= 0.6 is 11.6 Å². The highest BCUT2D eigenvalue weighted by Gasteiger charge is 2.21. The van der Waals surface area contributed by atoms with Crippen LogP contribution in [0.4, 0.5) is 4.79 Å². The first kappa shape index (κ1) is 34.2. The third-order valence-electron chi connectivity index (χ3n) is 6.78. The summed E-state index contributed by atoms with van der Waals surface area (Å²) in [7, 11) is 0. The fourth-order valence-corrected chi connectivity index (χ4v) is 4.82. The van der Waals surface area contributed by atoms with E-state index in [0.717, 1.165) is 34.6 Å². The molecule has 15 nitrogen and oxygen atoms in total. The molecule has 1 aromatic heterocycles. The molecule has 0 aliphatic carbocycles. The normalized spacial score (nSPS) is 11.2. The molecule has 0 spiro atoms. The van der Waals surface area contributed by atoms with Crippen molar-refractivity contribution in [1.29, 1.82) is 0 Å². The van der Waals surface area contributed by atoms with Crippen molar-refractivity contribution in [3.63, 3.8) is 0 Å². The van der Waals surface area contributed by atoms with Gasteiger partial charge in [0.2, 0.25) is 0 Å². The van der Waals surface area contributed by atoms with Crippen molar-refractivity contribution < 1.29 is 34.1 Å². The molecule has 0 saturated carbocycles. The van der Waals surface area contributed by atoms with Gasteiger partial charge in [0.15, 0.2) is 23.4 Å². The van der Waals surface area contributed by atoms with Crippen molar-refractivity contribution in [2.75, 3.05) is 6.73 Å². The van der Waals surface area contributed by atoms with Gasteiger partial charge in [-0.3, -0.25) is 0 Å². The molecule has 16 heteroatoms. The van der Waals surface area contributed by atoms with Gasteiger partial charge in [-0.15, -0.1) is 15.2 Å². The molecular weight excluding hydrogens is 634 g/mol. The molecule has 5 N–H and O–H groups in total. The standard InChI is InChI=1S/C31H32ClN7O8/c1-2-3-8-26-35-28(32)27(30(40)41)37(26)17-20-9-13-22(14-10-20)24-6-4-5-7-25(24)29(33)36-38(34)19-45-31(42)47-23-15-11-21(12-16-23)18-46-39(43)44/h4-7,9-16H,2-3,8,17-19,34H2,1H3,(H2,33,36)(H,40,41). The first-order chi connectivity index (χ1) is 22.5. The predicted molar refractivity (Wildman–Crippen MR) is 171 cm³/mol. The smallest absolute Gasteiger partial charge is 0.476 e. The summed E-state index contributed by atoms with van der Waals surface area (Å²) in [5.74, 6) is 5.56. The maximum atomic E-state index is 12.1. The molecule has 0 bridgehead atoms. The quantitative estimate of drug-likeness (QED) is 0.0224. The van der Waals surface area contributed by atoms with Gasteiger partial charge in [-0.2, -0.15) is 5.12 Å². The lowest BCUT2D eigenvalue weighted by Crippen LogP contribution is -2.33. The summed E-state index contributed by atoms with van der Waals surface area (Å²) in [5.41, 5.74) is 9.72. The molecule has 47 heavy (non-hydrogen) atoms. The summed E-state index contributed by atoms with van der Waals surface area (Å²) >= 11 is 6.17. The van der Waals surface area contributed by atoms with Crippen molar-refractivity contribution in [3.8, 4) is 16.9 Å². The van der Waals surface area contributed by atoms with Crippen LogP contribution in [-0.2, 0) is 29.1 Å². The summed E-state index contributed by atoms with van der Waals surface area (Å²) in [6, 6.07) is 20.6. The molecule has 0 amide bonds. The molecule has 3 aromatic carbocycles. The molecule has 0 fully saturated rings. The average Bonchev–Trinajstić information content (AvgIpc) is 3.37. The number of hydrazine groups is 1. The fourth-order valence-electron chi connectivity index (χ4n) is 4.54. The monoisotopic (exact) mass is 665 g/mol. The minimum absolute atomic E-state index is 0.0327. The second kappa shape index (κ2) is 16.1. The van der Waals surface area contributed by atoms with Crippen LogP contribution in [0.2, 0.25) is 5.15 Å². The second-order valence-corrected chi connectivity index (χ2v) is 10.5. The zero-order valence-corrected chi connectivity index (χ0v) is 26.0. The lowest BCUT2D eigenvalue weighted by atomic mass is 9.98. The summed E-state index contributed by atoms with van der Waals surface area (Å²) in [6.45, 7) is 1.59. The van der Waals surface area contributed by atoms with E-state index in [1.165, 1.54) is 24.3 Å². The minimum Gasteiger partial charge on any atom is -0.476 e. The van der Waals surface area contributed by atoms with Gasteiger partial charge in [-0.25, -0.2) is 20.4 Å². The number of aromatic carboxylic acids is 1. The van der Waals surface area contributed by atoms with E-state index in [1.54, 1.807) is 16.7 Å². The molecular formula is C31H32ClN7O8. The summed E-state index contributed by atoms with van der Waals surface area (Å²) in [5, 5.41) is 24.1. The molecule has 246 valence electrons. The van der Waals surface area contributed by atoms with Crippen LogP contribution in [0, 0.1) is 10.1 Å². The van der Waals surface area contributed by atoms with Gasteiger partial charge in [0.05, 0.1) is 0 Å². The Morgan fingerprint density at radius 3 is 2.43 bits per heavy atom. The number of carboxylic acids is 1. The molecule has 0 radical (unpaired) electrons. The van der Waals surface area contributed by atoms with Gasteiger partial charge in [-0.05, 0) is 40.8 Å². The Bertz CT molecular complexity index is 1740. The number of aryl methyl sites for hydroxylation is 1. The summed E-state index contributed by atoms with van der Waals surface area (Å²) in [6.07, 6.45) is 1.33. The Balaban J connectivity index is 1.40. The van der Waals surface area contributed by atoms with Gasteiger partial charge >= 0.3 is 12.1 Å². The van der Waals surface area contributed by atoms with Gasteiger partial charge in [0.1, 0.15) is 18.2 Å². The van der Waals surface area contributed by atoms with E-state index in [4.69, 9.17) is 32.7 Å². The van der Waals surface area contributed by atoms with Crippen molar-refractivity contribution in [1.82, 2.24) is 14.7 Å². The Hall–Kier alpha value is -5.67. The number of nitrogens with two attached hydrogens (primary N) is 2. The zero-order valence-electron chi connectivity index (χ0n) is 25.2. The van der Waals surface area contributed by atoms with Crippen LogP contribution in [0.3, 0.4) is 0 Å². The SMILES string of the molecule is CCCCc1nc(Cl)c(C(=O)O)n1Cc1ccc(-c2ccccc2/C(N)=N/N(N)COC(=O)Oc2ccc(CO[N+](=O)[O-])cc2)cc1. The van der Waals surface area contributed by atoms with E-state index < -0.39 is 23.9 Å². The number of hydrogen-bond donors (Lipinski definition) is 3.